The average Bonchev–Trinajstić information content (AvgIpc) is 2.71. The van der Waals surface area contributed by atoms with Crippen molar-refractivity contribution in [2.75, 3.05) is 18.7 Å². The van der Waals surface area contributed by atoms with Crippen LogP contribution in [-0.4, -0.2) is 13.8 Å². The lowest BCUT2D eigenvalue weighted by Gasteiger charge is -2.50. The number of hydrogen-bond donors (Lipinski definition) is 0. The first-order valence-electron chi connectivity index (χ1n) is 8.88. The highest BCUT2D eigenvalue weighted by molar-refractivity contribution is 7.49. The first-order valence-corrected chi connectivity index (χ1v) is 10.3. The zero-order valence-corrected chi connectivity index (χ0v) is 16.0. The Morgan fingerprint density at radius 3 is 2.00 bits per heavy atom. The number of fused-ring (bicyclic) bond motifs is 4. The van der Waals surface area contributed by atoms with E-state index in [1.54, 1.807) is 12.1 Å². The van der Waals surface area contributed by atoms with Crippen molar-refractivity contribution in [1.29, 1.82) is 0 Å². The molecule has 3 aromatic carbocycles. The van der Waals surface area contributed by atoms with Crippen LogP contribution in [0.4, 0.5) is 11.4 Å². The summed E-state index contributed by atoms with van der Waals surface area (Å²) < 4.78 is 35.4. The van der Waals surface area contributed by atoms with Crippen LogP contribution in [0.15, 0.2) is 78.9 Å². The van der Waals surface area contributed by atoms with Crippen LogP contribution in [0.25, 0.3) is 0 Å². The molecule has 2 aliphatic rings. The number of anilines is 2. The van der Waals surface area contributed by atoms with E-state index >= 15 is 0 Å². The van der Waals surface area contributed by atoms with Crippen LogP contribution in [-0.2, 0) is 23.9 Å². The van der Waals surface area contributed by atoms with Crippen molar-refractivity contribution in [3.05, 3.63) is 90.0 Å². The molecule has 142 valence electrons. The molecule has 7 heteroatoms. The number of nitrogens with zero attached hydrogens (tertiary/aromatic N) is 1. The third kappa shape index (κ3) is 2.65. The van der Waals surface area contributed by atoms with Gasteiger partial charge in [0.2, 0.25) is 5.79 Å². The van der Waals surface area contributed by atoms with Gasteiger partial charge >= 0.3 is 7.82 Å². The molecule has 0 unspecified atom stereocenters. The number of ether oxygens (including phenoxy) is 1. The predicted molar refractivity (Wildman–Crippen MR) is 105 cm³/mol. The molecule has 0 aliphatic carbocycles. The van der Waals surface area contributed by atoms with Crippen LogP contribution in [0.2, 0.25) is 0 Å². The largest absolute Gasteiger partial charge is 0.483 e. The summed E-state index contributed by atoms with van der Waals surface area (Å²) in [5.74, 6) is -0.638. The Balaban J connectivity index is 1.41. The fourth-order valence-corrected chi connectivity index (χ4v) is 4.93. The first kappa shape index (κ1) is 17.5. The van der Waals surface area contributed by atoms with E-state index in [4.69, 9.17) is 18.3 Å². The summed E-state index contributed by atoms with van der Waals surface area (Å²) in [6.45, 7) is -0.236. The molecule has 1 saturated heterocycles. The number of rotatable bonds is 4. The Labute approximate surface area is 162 Å². The molecule has 0 radical (unpaired) electrons. The van der Waals surface area contributed by atoms with Crippen molar-refractivity contribution in [3.63, 3.8) is 0 Å². The van der Waals surface area contributed by atoms with Crippen molar-refractivity contribution in [3.8, 4) is 5.75 Å². The Hall–Kier alpha value is -2.63. The second-order valence-electron chi connectivity index (χ2n) is 6.54. The van der Waals surface area contributed by atoms with Crippen molar-refractivity contribution in [2.24, 2.45) is 0 Å². The van der Waals surface area contributed by atoms with E-state index in [0.717, 1.165) is 22.5 Å². The Morgan fingerprint density at radius 1 is 0.857 bits per heavy atom. The van der Waals surface area contributed by atoms with Gasteiger partial charge in [0.25, 0.3) is 0 Å². The van der Waals surface area contributed by atoms with E-state index in [1.807, 2.05) is 73.8 Å². The van der Waals surface area contributed by atoms with Gasteiger partial charge in [-0.3, -0.25) is 0 Å². The molecule has 0 bridgehead atoms. The molecule has 1 fully saturated rings. The van der Waals surface area contributed by atoms with Crippen molar-refractivity contribution in [2.45, 2.75) is 5.79 Å². The average molecular weight is 395 g/mol. The molecule has 2 aliphatic heterocycles. The molecule has 0 atom stereocenters. The third-order valence-corrected chi connectivity index (χ3v) is 6.28. The Bertz CT molecular complexity index is 1010. The summed E-state index contributed by atoms with van der Waals surface area (Å²) in [7, 11) is -1.76. The fourth-order valence-electron chi connectivity index (χ4n) is 3.61. The molecule has 0 N–H and O–H groups in total. The van der Waals surface area contributed by atoms with E-state index < -0.39 is 13.6 Å². The van der Waals surface area contributed by atoms with Crippen LogP contribution in [0.3, 0.4) is 0 Å². The predicted octanol–water partition coefficient (Wildman–Crippen LogP) is 5.18. The van der Waals surface area contributed by atoms with Crippen LogP contribution in [0, 0.1) is 0 Å². The van der Waals surface area contributed by atoms with Gasteiger partial charge in [0, 0.05) is 29.5 Å². The maximum Gasteiger partial charge on any atom is 0.483 e. The smallest absolute Gasteiger partial charge is 0.467 e. The summed E-state index contributed by atoms with van der Waals surface area (Å²) in [4.78, 5) is 2.06. The molecule has 28 heavy (non-hydrogen) atoms. The second kappa shape index (κ2) is 6.47. The number of benzene rings is 3. The maximum absolute atomic E-state index is 12.9. The minimum absolute atomic E-state index is 0.236. The van der Waals surface area contributed by atoms with Crippen molar-refractivity contribution < 1.29 is 22.9 Å². The number of hydrogen-bond acceptors (Lipinski definition) is 6. The molecule has 0 saturated carbocycles. The van der Waals surface area contributed by atoms with Gasteiger partial charge in [0.05, 0.1) is 0 Å². The first-order chi connectivity index (χ1) is 13.6. The third-order valence-electron chi connectivity index (χ3n) is 4.90. The highest BCUT2D eigenvalue weighted by atomic mass is 31.2. The van der Waals surface area contributed by atoms with E-state index in [9.17, 15) is 4.57 Å². The summed E-state index contributed by atoms with van der Waals surface area (Å²) >= 11 is 0. The molecule has 0 amide bonds. The molecule has 3 aromatic rings. The minimum atomic E-state index is -3.74. The van der Waals surface area contributed by atoms with E-state index in [-0.39, 0.29) is 6.79 Å². The van der Waals surface area contributed by atoms with Crippen LogP contribution >= 0.6 is 7.82 Å². The van der Waals surface area contributed by atoms with Gasteiger partial charge in [-0.25, -0.2) is 18.1 Å². The Morgan fingerprint density at radius 2 is 1.39 bits per heavy atom. The van der Waals surface area contributed by atoms with Gasteiger partial charge in [-0.2, -0.15) is 0 Å². The van der Waals surface area contributed by atoms with E-state index in [2.05, 4.69) is 4.90 Å². The summed E-state index contributed by atoms with van der Waals surface area (Å²) in [5, 5.41) is 0. The van der Waals surface area contributed by atoms with Gasteiger partial charge in [0.1, 0.15) is 5.75 Å². The van der Waals surface area contributed by atoms with E-state index in [0.29, 0.717) is 5.75 Å². The van der Waals surface area contributed by atoms with E-state index in [1.165, 1.54) is 0 Å². The number of phosphoric acid groups is 1. The normalized spacial score (nSPS) is 18.1. The topological polar surface area (TPSA) is 57.2 Å². The standard InChI is InChI=1S/C21H18NO5P/c1-22-19-13-7-5-11-17(19)21(18-12-6-8-14-20(18)22)26-28(23,27-21)25-15-24-16-9-3-2-4-10-16/h2-14H,15H2,1H3. The zero-order valence-electron chi connectivity index (χ0n) is 15.1. The molecular weight excluding hydrogens is 377 g/mol. The Kier molecular flexibility index (Phi) is 4.03. The lowest BCUT2D eigenvalue weighted by Crippen LogP contribution is -2.45. The second-order valence-corrected chi connectivity index (χ2v) is 8.06. The molecule has 1 spiro atoms. The van der Waals surface area contributed by atoms with Gasteiger partial charge in [-0.15, -0.1) is 0 Å². The molecule has 6 nitrogen and oxygen atoms in total. The number of para-hydroxylation sites is 3. The summed E-state index contributed by atoms with van der Waals surface area (Å²) in [6, 6.07) is 24.6. The minimum Gasteiger partial charge on any atom is -0.467 e. The van der Waals surface area contributed by atoms with Crippen molar-refractivity contribution in [1.82, 2.24) is 0 Å². The highest BCUT2D eigenvalue weighted by Crippen LogP contribution is 2.73. The highest BCUT2D eigenvalue weighted by Gasteiger charge is 2.63. The molecular formula is C21H18NO5P. The molecule has 0 aromatic heterocycles. The van der Waals surface area contributed by atoms with Gasteiger partial charge in [-0.1, -0.05) is 54.6 Å². The van der Waals surface area contributed by atoms with Crippen LogP contribution < -0.4 is 9.64 Å². The molecule has 2 heterocycles. The van der Waals surface area contributed by atoms with Gasteiger partial charge in [-0.05, 0) is 24.3 Å². The fraction of sp³-hybridized carbons (Fsp3) is 0.143. The zero-order chi connectivity index (χ0) is 19.2. The van der Waals surface area contributed by atoms with Crippen LogP contribution in [0.1, 0.15) is 11.1 Å². The monoisotopic (exact) mass is 395 g/mol. The lowest BCUT2D eigenvalue weighted by atomic mass is 9.90. The number of phosphoric ester groups is 1. The van der Waals surface area contributed by atoms with Crippen molar-refractivity contribution >= 4 is 19.2 Å². The summed E-state index contributed by atoms with van der Waals surface area (Å²) in [6.07, 6.45) is 0. The maximum atomic E-state index is 12.9. The van der Waals surface area contributed by atoms with Gasteiger partial charge in [0.15, 0.2) is 6.79 Å². The van der Waals surface area contributed by atoms with Gasteiger partial charge < -0.3 is 9.64 Å². The SMILES string of the molecule is CN1c2ccccc2C2(OP(=O)(OCOc3ccccc3)O2)c2ccccc21. The quantitative estimate of drug-likeness (QED) is 0.448. The van der Waals surface area contributed by atoms with Crippen LogP contribution in [0.5, 0.6) is 5.75 Å². The molecule has 5 rings (SSSR count). The summed E-state index contributed by atoms with van der Waals surface area (Å²) in [5.41, 5.74) is 3.42. The lowest BCUT2D eigenvalue weighted by molar-refractivity contribution is -0.206.